The van der Waals surface area contributed by atoms with Gasteiger partial charge in [-0.15, -0.1) is 0 Å². The third-order valence-corrected chi connectivity index (χ3v) is 3.93. The van der Waals surface area contributed by atoms with E-state index in [2.05, 4.69) is 5.32 Å². The van der Waals surface area contributed by atoms with E-state index in [0.717, 1.165) is 28.9 Å². The van der Waals surface area contributed by atoms with Gasteiger partial charge in [0, 0.05) is 30.4 Å². The summed E-state index contributed by atoms with van der Waals surface area (Å²) in [5, 5.41) is 2.89. The Labute approximate surface area is 129 Å². The average molecular weight is 294 g/mol. The normalized spacial score (nSPS) is 12.9. The van der Waals surface area contributed by atoms with Crippen molar-refractivity contribution in [1.29, 1.82) is 0 Å². The van der Waals surface area contributed by atoms with Crippen LogP contribution in [0.25, 0.3) is 0 Å². The fourth-order valence-electron chi connectivity index (χ4n) is 2.71. The summed E-state index contributed by atoms with van der Waals surface area (Å²) in [6.07, 6.45) is 0.792. The molecule has 0 spiro atoms. The number of hydrogen-bond acceptors (Lipinski definition) is 2. The first-order valence-corrected chi connectivity index (χ1v) is 7.33. The molecule has 4 nitrogen and oxygen atoms in total. The highest BCUT2D eigenvalue weighted by molar-refractivity contribution is 6.05. The van der Waals surface area contributed by atoms with E-state index in [1.54, 1.807) is 17.9 Å². The molecule has 0 unspecified atom stereocenters. The predicted molar refractivity (Wildman–Crippen MR) is 87.3 cm³/mol. The molecule has 0 fully saturated rings. The van der Waals surface area contributed by atoms with Crippen LogP contribution in [0.2, 0.25) is 0 Å². The quantitative estimate of drug-likeness (QED) is 0.925. The van der Waals surface area contributed by atoms with E-state index in [1.165, 1.54) is 0 Å². The molecule has 112 valence electrons. The van der Waals surface area contributed by atoms with Crippen molar-refractivity contribution >= 4 is 23.2 Å². The Morgan fingerprint density at radius 1 is 1.09 bits per heavy atom. The third kappa shape index (κ3) is 2.72. The number of amides is 2. The molecule has 2 aromatic carbocycles. The van der Waals surface area contributed by atoms with Crippen LogP contribution in [0.1, 0.15) is 28.4 Å². The summed E-state index contributed by atoms with van der Waals surface area (Å²) in [4.78, 5) is 25.6. The van der Waals surface area contributed by atoms with Gasteiger partial charge in [-0.05, 0) is 49.2 Å². The lowest BCUT2D eigenvalue weighted by Gasteiger charge is -2.14. The van der Waals surface area contributed by atoms with Crippen molar-refractivity contribution in [3.63, 3.8) is 0 Å². The molecule has 0 saturated heterocycles. The molecule has 0 saturated carbocycles. The summed E-state index contributed by atoms with van der Waals surface area (Å²) in [5.41, 5.74) is 4.51. The summed E-state index contributed by atoms with van der Waals surface area (Å²) in [6.45, 7) is 4.26. The maximum atomic E-state index is 12.3. The van der Waals surface area contributed by atoms with Gasteiger partial charge in [0.05, 0.1) is 0 Å². The lowest BCUT2D eigenvalue weighted by atomic mass is 10.1. The Hall–Kier alpha value is -2.62. The van der Waals surface area contributed by atoms with E-state index >= 15 is 0 Å². The molecule has 0 aromatic heterocycles. The van der Waals surface area contributed by atoms with Gasteiger partial charge in [0.1, 0.15) is 0 Å². The Balaban J connectivity index is 1.80. The molecule has 0 atom stereocenters. The summed E-state index contributed by atoms with van der Waals surface area (Å²) >= 11 is 0. The van der Waals surface area contributed by atoms with Crippen LogP contribution >= 0.6 is 0 Å². The molecular formula is C18H18N2O2. The van der Waals surface area contributed by atoms with Gasteiger partial charge in [-0.1, -0.05) is 17.7 Å². The minimum absolute atomic E-state index is 0.0376. The second kappa shape index (κ2) is 5.64. The molecule has 0 bridgehead atoms. The molecule has 1 heterocycles. The van der Waals surface area contributed by atoms with Gasteiger partial charge < -0.3 is 10.2 Å². The lowest BCUT2D eigenvalue weighted by molar-refractivity contribution is -0.116. The van der Waals surface area contributed by atoms with Crippen LogP contribution in [-0.2, 0) is 11.2 Å². The van der Waals surface area contributed by atoms with Crippen LogP contribution in [0.4, 0.5) is 11.4 Å². The van der Waals surface area contributed by atoms with E-state index in [4.69, 9.17) is 0 Å². The second-order valence-corrected chi connectivity index (χ2v) is 5.58. The number of rotatable bonds is 2. The van der Waals surface area contributed by atoms with Crippen LogP contribution in [0, 0.1) is 6.92 Å². The number of nitrogens with zero attached hydrogens (tertiary/aromatic N) is 1. The Morgan fingerprint density at radius 2 is 1.82 bits per heavy atom. The van der Waals surface area contributed by atoms with Gasteiger partial charge in [-0.3, -0.25) is 9.59 Å². The Morgan fingerprint density at radius 3 is 2.50 bits per heavy atom. The summed E-state index contributed by atoms with van der Waals surface area (Å²) < 4.78 is 0. The number of nitrogens with one attached hydrogen (secondary N) is 1. The highest BCUT2D eigenvalue weighted by Crippen LogP contribution is 2.29. The van der Waals surface area contributed by atoms with E-state index in [9.17, 15) is 9.59 Å². The van der Waals surface area contributed by atoms with Crippen molar-refractivity contribution in [2.45, 2.75) is 20.3 Å². The van der Waals surface area contributed by atoms with Crippen molar-refractivity contribution in [2.75, 3.05) is 16.8 Å². The zero-order chi connectivity index (χ0) is 15.7. The maximum absolute atomic E-state index is 12.3. The molecule has 2 amide bonds. The fourth-order valence-corrected chi connectivity index (χ4v) is 2.71. The van der Waals surface area contributed by atoms with E-state index in [1.807, 2.05) is 43.3 Å². The monoisotopic (exact) mass is 294 g/mol. The van der Waals surface area contributed by atoms with Crippen molar-refractivity contribution in [2.24, 2.45) is 0 Å². The zero-order valence-electron chi connectivity index (χ0n) is 12.7. The number of fused-ring (bicyclic) bond motifs is 1. The van der Waals surface area contributed by atoms with E-state index < -0.39 is 0 Å². The molecule has 22 heavy (non-hydrogen) atoms. The number of carbonyl (C=O) groups excluding carboxylic acids is 2. The van der Waals surface area contributed by atoms with Crippen LogP contribution in [0.15, 0.2) is 42.5 Å². The SMILES string of the molecule is CC(=O)N1CCc2cc(C(=O)Nc3ccc(C)cc3)ccc21. The predicted octanol–water partition coefficient (Wildman–Crippen LogP) is 3.16. The third-order valence-electron chi connectivity index (χ3n) is 3.93. The van der Waals surface area contributed by atoms with Gasteiger partial charge in [-0.25, -0.2) is 0 Å². The van der Waals surface area contributed by atoms with Gasteiger partial charge in [0.15, 0.2) is 0 Å². The summed E-state index contributed by atoms with van der Waals surface area (Å²) in [6, 6.07) is 13.2. The summed E-state index contributed by atoms with van der Waals surface area (Å²) in [7, 11) is 0. The molecule has 4 heteroatoms. The molecule has 0 aliphatic carbocycles. The number of hydrogen-bond donors (Lipinski definition) is 1. The standard InChI is InChI=1S/C18H18N2O2/c1-12-3-6-16(7-4-12)19-18(22)15-5-8-17-14(11-15)9-10-20(17)13(2)21/h3-8,11H,9-10H2,1-2H3,(H,19,22). The maximum Gasteiger partial charge on any atom is 0.255 e. The smallest absolute Gasteiger partial charge is 0.255 e. The molecule has 1 N–H and O–H groups in total. The molecular weight excluding hydrogens is 276 g/mol. The zero-order valence-corrected chi connectivity index (χ0v) is 12.7. The minimum atomic E-state index is -0.132. The fraction of sp³-hybridized carbons (Fsp3) is 0.222. The number of anilines is 2. The van der Waals surface area contributed by atoms with E-state index in [-0.39, 0.29) is 11.8 Å². The van der Waals surface area contributed by atoms with Gasteiger partial charge >= 0.3 is 0 Å². The first-order valence-electron chi connectivity index (χ1n) is 7.33. The van der Waals surface area contributed by atoms with Gasteiger partial charge in [0.2, 0.25) is 5.91 Å². The number of benzene rings is 2. The molecule has 1 aliphatic heterocycles. The van der Waals surface area contributed by atoms with Crippen LogP contribution < -0.4 is 10.2 Å². The van der Waals surface area contributed by atoms with Gasteiger partial charge in [0.25, 0.3) is 5.91 Å². The summed E-state index contributed by atoms with van der Waals surface area (Å²) in [5.74, 6) is -0.0939. The van der Waals surface area contributed by atoms with Crippen LogP contribution in [0.5, 0.6) is 0 Å². The van der Waals surface area contributed by atoms with Crippen LogP contribution in [0.3, 0.4) is 0 Å². The molecule has 3 rings (SSSR count). The second-order valence-electron chi connectivity index (χ2n) is 5.58. The lowest BCUT2D eigenvalue weighted by Crippen LogP contribution is -2.25. The highest BCUT2D eigenvalue weighted by Gasteiger charge is 2.23. The topological polar surface area (TPSA) is 49.4 Å². The minimum Gasteiger partial charge on any atom is -0.322 e. The highest BCUT2D eigenvalue weighted by atomic mass is 16.2. The molecule has 1 aliphatic rings. The van der Waals surface area contributed by atoms with Crippen molar-refractivity contribution in [1.82, 2.24) is 0 Å². The molecule has 0 radical (unpaired) electrons. The average Bonchev–Trinajstić information content (AvgIpc) is 2.92. The van der Waals surface area contributed by atoms with Crippen molar-refractivity contribution in [3.8, 4) is 0 Å². The largest absolute Gasteiger partial charge is 0.322 e. The van der Waals surface area contributed by atoms with Gasteiger partial charge in [-0.2, -0.15) is 0 Å². The Bertz CT molecular complexity index is 735. The number of carbonyl (C=O) groups is 2. The van der Waals surface area contributed by atoms with Crippen LogP contribution in [-0.4, -0.2) is 18.4 Å². The molecule has 2 aromatic rings. The number of aryl methyl sites for hydroxylation is 1. The van der Waals surface area contributed by atoms with Crippen molar-refractivity contribution in [3.05, 3.63) is 59.2 Å². The van der Waals surface area contributed by atoms with Crippen molar-refractivity contribution < 1.29 is 9.59 Å². The first kappa shape index (κ1) is 14.3. The first-order chi connectivity index (χ1) is 10.5. The Kier molecular flexibility index (Phi) is 3.67. The van der Waals surface area contributed by atoms with E-state index in [0.29, 0.717) is 12.1 Å².